The highest BCUT2D eigenvalue weighted by Crippen LogP contribution is 2.21. The van der Waals surface area contributed by atoms with Crippen molar-refractivity contribution in [2.24, 2.45) is 0 Å². The highest BCUT2D eigenvalue weighted by molar-refractivity contribution is 14.1. The SMILES string of the molecule is CC(c1ccc(F)cc1)N(C)C(=O)c1cccc(I)c1. The first kappa shape index (κ1) is 15.0. The fourth-order valence-corrected chi connectivity index (χ4v) is 2.51. The van der Waals surface area contributed by atoms with Gasteiger partial charge in [-0.3, -0.25) is 4.79 Å². The molecular weight excluding hydrogens is 368 g/mol. The minimum atomic E-state index is -0.271. The Morgan fingerprint density at radius 3 is 2.45 bits per heavy atom. The lowest BCUT2D eigenvalue weighted by Crippen LogP contribution is -2.29. The average Bonchev–Trinajstić information content (AvgIpc) is 2.46. The first-order chi connectivity index (χ1) is 9.49. The number of hydrogen-bond acceptors (Lipinski definition) is 1. The van der Waals surface area contributed by atoms with E-state index in [9.17, 15) is 9.18 Å². The predicted octanol–water partition coefficient (Wildman–Crippen LogP) is 4.26. The van der Waals surface area contributed by atoms with Crippen LogP contribution in [-0.4, -0.2) is 17.9 Å². The Balaban J connectivity index is 2.20. The third kappa shape index (κ3) is 3.36. The van der Waals surface area contributed by atoms with Crippen molar-refractivity contribution in [1.82, 2.24) is 4.90 Å². The van der Waals surface area contributed by atoms with Crippen LogP contribution in [0.4, 0.5) is 4.39 Å². The number of carbonyl (C=O) groups excluding carboxylic acids is 1. The van der Waals surface area contributed by atoms with Crippen molar-refractivity contribution in [1.29, 1.82) is 0 Å². The monoisotopic (exact) mass is 383 g/mol. The summed E-state index contributed by atoms with van der Waals surface area (Å²) in [5, 5.41) is 0. The van der Waals surface area contributed by atoms with Crippen molar-refractivity contribution in [3.05, 3.63) is 69.0 Å². The van der Waals surface area contributed by atoms with Gasteiger partial charge in [0, 0.05) is 16.2 Å². The number of amides is 1. The molecule has 1 atom stereocenters. The van der Waals surface area contributed by atoms with Crippen LogP contribution in [-0.2, 0) is 0 Å². The molecule has 0 saturated carbocycles. The van der Waals surface area contributed by atoms with Gasteiger partial charge in [-0.1, -0.05) is 18.2 Å². The van der Waals surface area contributed by atoms with Gasteiger partial charge in [0.1, 0.15) is 5.82 Å². The molecule has 1 unspecified atom stereocenters. The minimum Gasteiger partial charge on any atom is -0.335 e. The zero-order chi connectivity index (χ0) is 14.7. The molecule has 0 aliphatic rings. The molecule has 0 spiro atoms. The highest BCUT2D eigenvalue weighted by atomic mass is 127. The van der Waals surface area contributed by atoms with Gasteiger partial charge in [0.15, 0.2) is 0 Å². The molecule has 0 bridgehead atoms. The largest absolute Gasteiger partial charge is 0.335 e. The second-order valence-corrected chi connectivity index (χ2v) is 5.90. The molecule has 2 rings (SSSR count). The van der Waals surface area contributed by atoms with Crippen LogP contribution in [0.5, 0.6) is 0 Å². The van der Waals surface area contributed by atoms with E-state index in [1.807, 2.05) is 25.1 Å². The Morgan fingerprint density at radius 2 is 1.85 bits per heavy atom. The average molecular weight is 383 g/mol. The lowest BCUT2D eigenvalue weighted by atomic mass is 10.1. The predicted molar refractivity (Wildman–Crippen MR) is 86.1 cm³/mol. The first-order valence-electron chi connectivity index (χ1n) is 6.27. The molecule has 0 aliphatic carbocycles. The Morgan fingerprint density at radius 1 is 1.20 bits per heavy atom. The van der Waals surface area contributed by atoms with E-state index in [0.717, 1.165) is 9.13 Å². The van der Waals surface area contributed by atoms with Crippen molar-refractivity contribution in [3.8, 4) is 0 Å². The van der Waals surface area contributed by atoms with Crippen LogP contribution in [0.15, 0.2) is 48.5 Å². The Kier molecular flexibility index (Phi) is 4.75. The molecule has 0 aliphatic heterocycles. The third-order valence-electron chi connectivity index (χ3n) is 3.33. The van der Waals surface area contributed by atoms with Crippen molar-refractivity contribution in [2.75, 3.05) is 7.05 Å². The Bertz CT molecular complexity index is 612. The second kappa shape index (κ2) is 6.35. The normalized spacial score (nSPS) is 12.0. The van der Waals surface area contributed by atoms with Gasteiger partial charge < -0.3 is 4.90 Å². The minimum absolute atomic E-state index is 0.0414. The van der Waals surface area contributed by atoms with Crippen molar-refractivity contribution >= 4 is 28.5 Å². The molecule has 2 nitrogen and oxygen atoms in total. The number of benzene rings is 2. The molecule has 1 amide bonds. The summed E-state index contributed by atoms with van der Waals surface area (Å²) >= 11 is 2.18. The number of carbonyl (C=O) groups is 1. The van der Waals surface area contributed by atoms with E-state index in [-0.39, 0.29) is 17.8 Å². The van der Waals surface area contributed by atoms with E-state index >= 15 is 0 Å². The Labute approximate surface area is 131 Å². The molecule has 2 aromatic carbocycles. The van der Waals surface area contributed by atoms with Gasteiger partial charge in [0.2, 0.25) is 0 Å². The molecule has 20 heavy (non-hydrogen) atoms. The van der Waals surface area contributed by atoms with Crippen molar-refractivity contribution in [2.45, 2.75) is 13.0 Å². The molecule has 0 radical (unpaired) electrons. The standard InChI is InChI=1S/C16H15FINO/c1-11(12-6-8-14(17)9-7-12)19(2)16(20)13-4-3-5-15(18)10-13/h3-11H,1-2H3. The van der Waals surface area contributed by atoms with E-state index in [4.69, 9.17) is 0 Å². The van der Waals surface area contributed by atoms with Crippen LogP contribution in [0.1, 0.15) is 28.9 Å². The topological polar surface area (TPSA) is 20.3 Å². The first-order valence-corrected chi connectivity index (χ1v) is 7.35. The number of nitrogens with zero attached hydrogens (tertiary/aromatic N) is 1. The fraction of sp³-hybridized carbons (Fsp3) is 0.188. The number of halogens is 2. The van der Waals surface area contributed by atoms with Gasteiger partial charge >= 0.3 is 0 Å². The van der Waals surface area contributed by atoms with Crippen LogP contribution in [0, 0.1) is 9.39 Å². The van der Waals surface area contributed by atoms with Crippen LogP contribution in [0.3, 0.4) is 0 Å². The maximum absolute atomic E-state index is 12.9. The maximum atomic E-state index is 12.9. The summed E-state index contributed by atoms with van der Waals surface area (Å²) in [4.78, 5) is 14.1. The van der Waals surface area contributed by atoms with E-state index in [0.29, 0.717) is 5.56 Å². The van der Waals surface area contributed by atoms with Gasteiger partial charge in [-0.2, -0.15) is 0 Å². The van der Waals surface area contributed by atoms with Gasteiger partial charge in [0.25, 0.3) is 5.91 Å². The second-order valence-electron chi connectivity index (χ2n) is 4.65. The summed E-state index contributed by atoms with van der Waals surface area (Å²) in [5.74, 6) is -0.312. The van der Waals surface area contributed by atoms with Gasteiger partial charge in [-0.05, 0) is 65.4 Å². The molecule has 0 saturated heterocycles. The summed E-state index contributed by atoms with van der Waals surface area (Å²) in [6.45, 7) is 1.93. The zero-order valence-electron chi connectivity index (χ0n) is 11.3. The quantitative estimate of drug-likeness (QED) is 0.726. The summed E-state index contributed by atoms with van der Waals surface area (Å²) in [5.41, 5.74) is 1.57. The lowest BCUT2D eigenvalue weighted by molar-refractivity contribution is 0.0742. The van der Waals surface area contributed by atoms with Crippen molar-refractivity contribution in [3.63, 3.8) is 0 Å². The van der Waals surface area contributed by atoms with Crippen LogP contribution >= 0.6 is 22.6 Å². The van der Waals surface area contributed by atoms with Crippen LogP contribution < -0.4 is 0 Å². The highest BCUT2D eigenvalue weighted by Gasteiger charge is 2.18. The molecule has 104 valence electrons. The van der Waals surface area contributed by atoms with Gasteiger partial charge in [0.05, 0.1) is 6.04 Å². The molecule has 0 heterocycles. The molecule has 0 N–H and O–H groups in total. The fourth-order valence-electron chi connectivity index (χ4n) is 1.97. The van der Waals surface area contributed by atoms with Crippen LogP contribution in [0.2, 0.25) is 0 Å². The molecule has 0 fully saturated rings. The molecule has 0 aromatic heterocycles. The summed E-state index contributed by atoms with van der Waals surface area (Å²) in [7, 11) is 1.76. The van der Waals surface area contributed by atoms with Crippen molar-refractivity contribution < 1.29 is 9.18 Å². The molecular formula is C16H15FINO. The summed E-state index contributed by atoms with van der Waals surface area (Å²) < 4.78 is 14.0. The molecule has 2 aromatic rings. The van der Waals surface area contributed by atoms with Gasteiger partial charge in [-0.15, -0.1) is 0 Å². The van der Waals surface area contributed by atoms with E-state index < -0.39 is 0 Å². The van der Waals surface area contributed by atoms with Gasteiger partial charge in [-0.25, -0.2) is 4.39 Å². The number of hydrogen-bond donors (Lipinski definition) is 0. The van der Waals surface area contributed by atoms with Crippen LogP contribution in [0.25, 0.3) is 0 Å². The van der Waals surface area contributed by atoms with E-state index in [1.54, 1.807) is 30.1 Å². The van der Waals surface area contributed by atoms with E-state index in [1.165, 1.54) is 12.1 Å². The maximum Gasteiger partial charge on any atom is 0.254 e. The third-order valence-corrected chi connectivity index (χ3v) is 4.00. The Hall–Kier alpha value is -1.43. The zero-order valence-corrected chi connectivity index (χ0v) is 13.5. The van der Waals surface area contributed by atoms with E-state index in [2.05, 4.69) is 22.6 Å². The lowest BCUT2D eigenvalue weighted by Gasteiger charge is -2.25. The smallest absolute Gasteiger partial charge is 0.254 e. The summed E-state index contributed by atoms with van der Waals surface area (Å²) in [6.07, 6.45) is 0. The summed E-state index contributed by atoms with van der Waals surface area (Å²) in [6, 6.07) is 13.6. The molecule has 4 heteroatoms. The number of rotatable bonds is 3.